The number of halogens is 1. The lowest BCUT2D eigenvalue weighted by molar-refractivity contribution is -0.131. The van der Waals surface area contributed by atoms with Crippen molar-refractivity contribution in [2.45, 2.75) is 90.6 Å². The van der Waals surface area contributed by atoms with Crippen LogP contribution in [-0.2, 0) is 25.3 Å². The minimum Gasteiger partial charge on any atom is -0.444 e. The van der Waals surface area contributed by atoms with Crippen LogP contribution in [0, 0.1) is 5.82 Å². The number of likely N-dealkylation sites (tertiary alicyclic amines) is 1. The second-order valence-corrected chi connectivity index (χ2v) is 10.9. The predicted molar refractivity (Wildman–Crippen MR) is 125 cm³/mol. The highest BCUT2D eigenvalue weighted by Gasteiger charge is 2.52. The Balaban J connectivity index is 1.63. The standard InChI is InChI=1S/C24H36BFN2O5/c1-22(2,3)31-21(30)27-17-9-8-12-28(15-17)20(29)14-16-10-11-19(26)18(13-16)25-32-23(4,5)24(6,7)33-25/h10-11,13,17H,8-9,12,14-15H2,1-7H3,(H,27,30)/t17-/m0/s1. The number of carbonyl (C=O) groups excluding carboxylic acids is 2. The van der Waals surface area contributed by atoms with Gasteiger partial charge >= 0.3 is 13.2 Å². The summed E-state index contributed by atoms with van der Waals surface area (Å²) >= 11 is 0. The molecule has 2 amide bonds. The van der Waals surface area contributed by atoms with Crippen molar-refractivity contribution in [3.05, 3.63) is 29.6 Å². The van der Waals surface area contributed by atoms with Crippen molar-refractivity contribution < 1.29 is 28.0 Å². The molecule has 2 fully saturated rings. The van der Waals surface area contributed by atoms with E-state index in [2.05, 4.69) is 5.32 Å². The van der Waals surface area contributed by atoms with Gasteiger partial charge in [-0.25, -0.2) is 9.18 Å². The number of amides is 2. The highest BCUT2D eigenvalue weighted by Crippen LogP contribution is 2.36. The molecule has 0 radical (unpaired) electrons. The molecule has 0 spiro atoms. The third-order valence-corrected chi connectivity index (χ3v) is 6.42. The molecule has 1 aromatic carbocycles. The summed E-state index contributed by atoms with van der Waals surface area (Å²) in [4.78, 5) is 26.8. The van der Waals surface area contributed by atoms with Crippen molar-refractivity contribution in [2.24, 2.45) is 0 Å². The molecule has 33 heavy (non-hydrogen) atoms. The van der Waals surface area contributed by atoms with E-state index in [-0.39, 0.29) is 18.4 Å². The lowest BCUT2D eigenvalue weighted by Crippen LogP contribution is -2.50. The van der Waals surface area contributed by atoms with Gasteiger partial charge in [0.1, 0.15) is 11.4 Å². The number of nitrogens with one attached hydrogen (secondary N) is 1. The van der Waals surface area contributed by atoms with Crippen molar-refractivity contribution in [2.75, 3.05) is 13.1 Å². The van der Waals surface area contributed by atoms with Gasteiger partial charge in [-0.3, -0.25) is 4.79 Å². The summed E-state index contributed by atoms with van der Waals surface area (Å²) in [5, 5.41) is 2.86. The molecule has 1 atom stereocenters. The largest absolute Gasteiger partial charge is 0.497 e. The Labute approximate surface area is 196 Å². The molecule has 7 nitrogen and oxygen atoms in total. The van der Waals surface area contributed by atoms with E-state index in [0.29, 0.717) is 24.1 Å². The SMILES string of the molecule is CC(C)(C)OC(=O)N[C@H]1CCCN(C(=O)Cc2ccc(F)c(B3OC(C)(C)C(C)(C)O3)c2)C1. The number of hydrogen-bond acceptors (Lipinski definition) is 5. The molecule has 1 N–H and O–H groups in total. The molecule has 2 aliphatic rings. The van der Waals surface area contributed by atoms with Gasteiger partial charge in [-0.05, 0) is 72.9 Å². The number of carbonyl (C=O) groups is 2. The maximum atomic E-state index is 14.6. The molecule has 1 aromatic rings. The summed E-state index contributed by atoms with van der Waals surface area (Å²) in [6, 6.07) is 4.45. The van der Waals surface area contributed by atoms with Crippen LogP contribution in [0.25, 0.3) is 0 Å². The number of piperidine rings is 1. The van der Waals surface area contributed by atoms with Crippen molar-refractivity contribution in [1.29, 1.82) is 0 Å². The zero-order valence-corrected chi connectivity index (χ0v) is 20.8. The van der Waals surface area contributed by atoms with Crippen molar-refractivity contribution >= 4 is 24.6 Å². The summed E-state index contributed by atoms with van der Waals surface area (Å²) in [5.41, 5.74) is -0.763. The summed E-state index contributed by atoms with van der Waals surface area (Å²) in [7, 11) is -0.831. The van der Waals surface area contributed by atoms with Crippen molar-refractivity contribution in [3.8, 4) is 0 Å². The Hall–Kier alpha value is -2.13. The number of ether oxygens (including phenoxy) is 1. The summed E-state index contributed by atoms with van der Waals surface area (Å²) in [6.45, 7) is 14.1. The Morgan fingerprint density at radius 1 is 1.21 bits per heavy atom. The first kappa shape index (κ1) is 25.5. The van der Waals surface area contributed by atoms with Crippen LogP contribution in [0.15, 0.2) is 18.2 Å². The van der Waals surface area contributed by atoms with Gasteiger partial charge in [0.25, 0.3) is 0 Å². The summed E-state index contributed by atoms with van der Waals surface area (Å²) < 4.78 is 31.9. The minimum atomic E-state index is -0.831. The van der Waals surface area contributed by atoms with Crippen LogP contribution >= 0.6 is 0 Å². The fourth-order valence-electron chi connectivity index (χ4n) is 3.94. The van der Waals surface area contributed by atoms with E-state index in [1.165, 1.54) is 6.07 Å². The smallest absolute Gasteiger partial charge is 0.444 e. The summed E-state index contributed by atoms with van der Waals surface area (Å²) in [5.74, 6) is -0.499. The van der Waals surface area contributed by atoms with Crippen LogP contribution < -0.4 is 10.8 Å². The molecule has 182 valence electrons. The molecular weight excluding hydrogens is 426 g/mol. The van der Waals surface area contributed by atoms with Gasteiger partial charge in [0.05, 0.1) is 17.6 Å². The first-order chi connectivity index (χ1) is 15.2. The third-order valence-electron chi connectivity index (χ3n) is 6.42. The lowest BCUT2D eigenvalue weighted by atomic mass is 9.77. The summed E-state index contributed by atoms with van der Waals surface area (Å²) in [6.07, 6.45) is 1.22. The van der Waals surface area contributed by atoms with Gasteiger partial charge in [-0.15, -0.1) is 0 Å². The molecule has 2 aliphatic heterocycles. The van der Waals surface area contributed by atoms with E-state index in [9.17, 15) is 14.0 Å². The van der Waals surface area contributed by atoms with Gasteiger partial charge in [-0.2, -0.15) is 0 Å². The Kier molecular flexibility index (Phi) is 7.15. The monoisotopic (exact) mass is 462 g/mol. The quantitative estimate of drug-likeness (QED) is 0.696. The number of alkyl carbamates (subject to hydrolysis) is 1. The van der Waals surface area contributed by atoms with Gasteiger partial charge in [0.15, 0.2) is 0 Å². The van der Waals surface area contributed by atoms with Gasteiger partial charge in [0, 0.05) is 24.6 Å². The molecule has 3 rings (SSSR count). The van der Waals surface area contributed by atoms with E-state index in [4.69, 9.17) is 14.0 Å². The molecule has 0 aliphatic carbocycles. The van der Waals surface area contributed by atoms with Crippen molar-refractivity contribution in [1.82, 2.24) is 10.2 Å². The highest BCUT2D eigenvalue weighted by atomic mass is 19.1. The second-order valence-electron chi connectivity index (χ2n) is 10.9. The minimum absolute atomic E-state index is 0.0721. The van der Waals surface area contributed by atoms with Crippen LogP contribution in [0.1, 0.15) is 66.9 Å². The Bertz CT molecular complexity index is 883. The first-order valence-electron chi connectivity index (χ1n) is 11.6. The molecule has 0 saturated carbocycles. The maximum absolute atomic E-state index is 14.6. The van der Waals surface area contributed by atoms with Crippen LogP contribution in [0.5, 0.6) is 0 Å². The van der Waals surface area contributed by atoms with Crippen LogP contribution in [0.3, 0.4) is 0 Å². The third kappa shape index (κ3) is 6.26. The lowest BCUT2D eigenvalue weighted by Gasteiger charge is -2.33. The van der Waals surface area contributed by atoms with E-state index >= 15 is 0 Å². The van der Waals surface area contributed by atoms with Crippen LogP contribution in [0.4, 0.5) is 9.18 Å². The Morgan fingerprint density at radius 2 is 1.85 bits per heavy atom. The predicted octanol–water partition coefficient (Wildman–Crippen LogP) is 3.18. The number of rotatable bonds is 4. The highest BCUT2D eigenvalue weighted by molar-refractivity contribution is 6.62. The zero-order valence-electron chi connectivity index (χ0n) is 20.8. The number of nitrogens with zero attached hydrogens (tertiary/aromatic N) is 1. The second kappa shape index (κ2) is 9.26. The molecule has 0 bridgehead atoms. The average molecular weight is 462 g/mol. The molecule has 2 heterocycles. The molecular formula is C24H36BFN2O5. The van der Waals surface area contributed by atoms with E-state index in [1.54, 1.807) is 17.0 Å². The van der Waals surface area contributed by atoms with E-state index in [0.717, 1.165) is 12.8 Å². The number of benzene rings is 1. The topological polar surface area (TPSA) is 77.1 Å². The van der Waals surface area contributed by atoms with Gasteiger partial charge in [0.2, 0.25) is 5.91 Å². The van der Waals surface area contributed by atoms with Crippen LogP contribution in [0.2, 0.25) is 0 Å². The molecule has 0 aromatic heterocycles. The fourth-order valence-corrected chi connectivity index (χ4v) is 3.94. The zero-order chi connectivity index (χ0) is 24.6. The Morgan fingerprint density at radius 3 is 2.45 bits per heavy atom. The van der Waals surface area contributed by atoms with Gasteiger partial charge < -0.3 is 24.3 Å². The van der Waals surface area contributed by atoms with Crippen LogP contribution in [-0.4, -0.2) is 60.0 Å². The number of hydrogen-bond donors (Lipinski definition) is 1. The molecule has 2 saturated heterocycles. The average Bonchev–Trinajstić information content (AvgIpc) is 2.89. The fraction of sp³-hybridized carbons (Fsp3) is 0.667. The van der Waals surface area contributed by atoms with Crippen molar-refractivity contribution in [3.63, 3.8) is 0 Å². The normalized spacial score (nSPS) is 22.2. The molecule has 0 unspecified atom stereocenters. The van der Waals surface area contributed by atoms with Gasteiger partial charge in [-0.1, -0.05) is 12.1 Å². The first-order valence-corrected chi connectivity index (χ1v) is 11.6. The van der Waals surface area contributed by atoms with E-state index < -0.39 is 35.8 Å². The maximum Gasteiger partial charge on any atom is 0.497 e. The molecule has 9 heteroatoms. The van der Waals surface area contributed by atoms with E-state index in [1.807, 2.05) is 48.5 Å².